The molecular formula is C38H55N5O6. The van der Waals surface area contributed by atoms with Crippen LogP contribution in [0.1, 0.15) is 63.5 Å². The summed E-state index contributed by atoms with van der Waals surface area (Å²) in [7, 11) is 0. The number of carbonyl (C=O) groups excluding carboxylic acids is 4. The van der Waals surface area contributed by atoms with Crippen molar-refractivity contribution in [1.29, 1.82) is 0 Å². The molecule has 2 aromatic rings. The number of Topliss-reactive ketones (excluding diaryl/α,β-unsaturated/α-hetero) is 2. The van der Waals surface area contributed by atoms with Gasteiger partial charge in [-0.15, -0.1) is 0 Å². The first-order chi connectivity index (χ1) is 23.5. The van der Waals surface area contributed by atoms with E-state index in [9.17, 15) is 29.1 Å². The highest BCUT2D eigenvalue weighted by molar-refractivity contribution is 6.13. The number of ketones is 2. The Morgan fingerprint density at radius 2 is 1.39 bits per heavy atom. The molecule has 0 aliphatic carbocycles. The minimum absolute atomic E-state index is 0.0518. The van der Waals surface area contributed by atoms with Crippen LogP contribution in [-0.2, 0) is 36.8 Å². The Balaban J connectivity index is 1.92. The molecular weight excluding hydrogens is 622 g/mol. The Kier molecular flexibility index (Phi) is 16.6. The first-order valence-corrected chi connectivity index (χ1v) is 17.7. The van der Waals surface area contributed by atoms with Crippen LogP contribution in [0.5, 0.6) is 0 Å². The van der Waals surface area contributed by atoms with Gasteiger partial charge in [0.15, 0.2) is 11.6 Å². The monoisotopic (exact) mass is 677 g/mol. The molecule has 7 N–H and O–H groups in total. The van der Waals surface area contributed by atoms with Crippen LogP contribution in [0, 0.1) is 23.7 Å². The summed E-state index contributed by atoms with van der Waals surface area (Å²) in [5, 5.41) is 15.6. The molecule has 1 aliphatic rings. The maximum atomic E-state index is 14.6. The van der Waals surface area contributed by atoms with Gasteiger partial charge in [0.1, 0.15) is 6.04 Å². The van der Waals surface area contributed by atoms with E-state index in [1.54, 1.807) is 4.90 Å². The third-order valence-electron chi connectivity index (χ3n) is 9.22. The summed E-state index contributed by atoms with van der Waals surface area (Å²) in [6.45, 7) is 5.50. The maximum Gasteiger partial charge on any atom is 0.306 e. The van der Waals surface area contributed by atoms with Gasteiger partial charge in [-0.3, -0.25) is 24.0 Å². The molecule has 0 aromatic heterocycles. The van der Waals surface area contributed by atoms with E-state index in [1.165, 1.54) is 0 Å². The highest BCUT2D eigenvalue weighted by Gasteiger charge is 2.40. The van der Waals surface area contributed by atoms with Gasteiger partial charge < -0.3 is 32.1 Å². The lowest BCUT2D eigenvalue weighted by molar-refractivity contribution is -0.146. The van der Waals surface area contributed by atoms with Crippen molar-refractivity contribution in [2.24, 2.45) is 35.1 Å². The maximum absolute atomic E-state index is 14.6. The largest absolute Gasteiger partial charge is 0.481 e. The second kappa shape index (κ2) is 20.6. The third kappa shape index (κ3) is 12.5. The molecule has 1 saturated heterocycles. The van der Waals surface area contributed by atoms with Gasteiger partial charge in [-0.2, -0.15) is 0 Å². The van der Waals surface area contributed by atoms with Gasteiger partial charge in [-0.05, 0) is 75.0 Å². The lowest BCUT2D eigenvalue weighted by atomic mass is 9.78. The quantitative estimate of drug-likeness (QED) is 0.0979. The first-order valence-electron chi connectivity index (χ1n) is 17.7. The molecule has 268 valence electrons. The molecule has 1 aliphatic heterocycles. The average molecular weight is 678 g/mol. The van der Waals surface area contributed by atoms with E-state index < -0.39 is 47.5 Å². The number of carbonyl (C=O) groups is 5. The number of likely N-dealkylation sites (tertiary alicyclic amines) is 1. The van der Waals surface area contributed by atoms with Crippen molar-refractivity contribution in [2.75, 3.05) is 32.7 Å². The molecule has 0 spiro atoms. The van der Waals surface area contributed by atoms with Crippen molar-refractivity contribution in [3.05, 3.63) is 71.8 Å². The molecule has 0 bridgehead atoms. The molecule has 4 unspecified atom stereocenters. The van der Waals surface area contributed by atoms with Crippen LogP contribution < -0.4 is 22.1 Å². The fourth-order valence-corrected chi connectivity index (χ4v) is 6.47. The highest BCUT2D eigenvalue weighted by atomic mass is 16.4. The van der Waals surface area contributed by atoms with Crippen molar-refractivity contribution in [1.82, 2.24) is 15.5 Å². The number of amides is 2. The molecule has 2 aromatic carbocycles. The van der Waals surface area contributed by atoms with Crippen LogP contribution in [0.15, 0.2) is 60.7 Å². The fraction of sp³-hybridized carbons (Fsp3) is 0.553. The van der Waals surface area contributed by atoms with Gasteiger partial charge in [0, 0.05) is 26.2 Å². The van der Waals surface area contributed by atoms with Crippen molar-refractivity contribution in [3.8, 4) is 0 Å². The van der Waals surface area contributed by atoms with Gasteiger partial charge in [0.2, 0.25) is 11.8 Å². The van der Waals surface area contributed by atoms with Crippen molar-refractivity contribution >= 4 is 29.4 Å². The zero-order chi connectivity index (χ0) is 35.8. The number of unbranched alkanes of at least 4 members (excludes halogenated alkanes) is 1. The lowest BCUT2D eigenvalue weighted by Crippen LogP contribution is -2.54. The topological polar surface area (TPSA) is 185 Å². The first kappa shape index (κ1) is 39.5. The number of piperidine rings is 1. The standard InChI is InChI=1S/C38H55N5O6/c1-26(2)23-31(36(46)42-32(15-9-10-18-39)37(47)43-21-16-29(17-22-43)38(48)49)34(44)30(24-27-11-5-3-6-12-27)35(45)33(41-20-19-40)25-28-13-7-4-8-14-28/h3-8,11-14,26,29-33,41H,9-10,15-25,39-40H2,1-2H3,(H,42,46)(H,48,49). The molecule has 0 saturated carbocycles. The molecule has 3 rings (SSSR count). The van der Waals surface area contributed by atoms with Crippen LogP contribution in [0.2, 0.25) is 0 Å². The van der Waals surface area contributed by atoms with E-state index in [0.717, 1.165) is 11.1 Å². The van der Waals surface area contributed by atoms with E-state index in [0.29, 0.717) is 58.2 Å². The van der Waals surface area contributed by atoms with Gasteiger partial charge in [0.05, 0.1) is 23.8 Å². The summed E-state index contributed by atoms with van der Waals surface area (Å²) < 4.78 is 0. The normalized spacial score (nSPS) is 16.1. The Labute approximate surface area is 290 Å². The minimum atomic E-state index is -1.16. The molecule has 2 amide bonds. The summed E-state index contributed by atoms with van der Waals surface area (Å²) in [6.07, 6.45) is 2.94. The zero-order valence-electron chi connectivity index (χ0n) is 29.0. The predicted molar refractivity (Wildman–Crippen MR) is 189 cm³/mol. The van der Waals surface area contributed by atoms with E-state index in [4.69, 9.17) is 11.5 Å². The number of aliphatic carboxylic acids is 1. The van der Waals surface area contributed by atoms with Crippen LogP contribution in [0.25, 0.3) is 0 Å². The van der Waals surface area contributed by atoms with Crippen LogP contribution in [0.3, 0.4) is 0 Å². The van der Waals surface area contributed by atoms with Crippen molar-refractivity contribution in [2.45, 2.75) is 77.3 Å². The molecule has 11 nitrogen and oxygen atoms in total. The number of hydrogen-bond acceptors (Lipinski definition) is 8. The summed E-state index contributed by atoms with van der Waals surface area (Å²) >= 11 is 0. The molecule has 4 atom stereocenters. The number of nitrogens with one attached hydrogen (secondary N) is 2. The van der Waals surface area contributed by atoms with E-state index in [-0.39, 0.29) is 43.5 Å². The number of hydrogen-bond donors (Lipinski definition) is 5. The number of carboxylic acids is 1. The number of nitrogens with two attached hydrogens (primary N) is 2. The van der Waals surface area contributed by atoms with Crippen molar-refractivity contribution in [3.63, 3.8) is 0 Å². The summed E-state index contributed by atoms with van der Waals surface area (Å²) in [4.78, 5) is 70.0. The molecule has 49 heavy (non-hydrogen) atoms. The molecule has 1 fully saturated rings. The average Bonchev–Trinajstić information content (AvgIpc) is 3.10. The van der Waals surface area contributed by atoms with Crippen LogP contribution in [0.4, 0.5) is 0 Å². The van der Waals surface area contributed by atoms with Gasteiger partial charge in [0.25, 0.3) is 0 Å². The second-order valence-electron chi connectivity index (χ2n) is 13.5. The number of nitrogens with zero attached hydrogens (tertiary/aromatic N) is 1. The smallest absolute Gasteiger partial charge is 0.306 e. The molecule has 1 heterocycles. The minimum Gasteiger partial charge on any atom is -0.481 e. The predicted octanol–water partition coefficient (Wildman–Crippen LogP) is 2.74. The van der Waals surface area contributed by atoms with Crippen molar-refractivity contribution < 1.29 is 29.1 Å². The Bertz CT molecular complexity index is 1350. The fourth-order valence-electron chi connectivity index (χ4n) is 6.47. The van der Waals surface area contributed by atoms with Gasteiger partial charge in [-0.25, -0.2) is 0 Å². The Morgan fingerprint density at radius 3 is 1.92 bits per heavy atom. The van der Waals surface area contributed by atoms with Crippen LogP contribution >= 0.6 is 0 Å². The summed E-state index contributed by atoms with van der Waals surface area (Å²) in [5.41, 5.74) is 13.3. The number of benzene rings is 2. The lowest BCUT2D eigenvalue weighted by Gasteiger charge is -2.34. The van der Waals surface area contributed by atoms with E-state index >= 15 is 0 Å². The van der Waals surface area contributed by atoms with Gasteiger partial charge >= 0.3 is 5.97 Å². The molecule has 0 radical (unpaired) electrons. The number of rotatable bonds is 21. The second-order valence-corrected chi connectivity index (χ2v) is 13.5. The van der Waals surface area contributed by atoms with E-state index in [2.05, 4.69) is 10.6 Å². The SMILES string of the molecule is CC(C)CC(C(=O)NC(CCCCN)C(=O)N1CCC(C(=O)O)CC1)C(=O)C(Cc1ccccc1)C(=O)C(Cc1ccccc1)NCCN. The summed E-state index contributed by atoms with van der Waals surface area (Å²) in [5.74, 6) is -5.35. The van der Waals surface area contributed by atoms with E-state index in [1.807, 2.05) is 74.5 Å². The number of carboxylic acid groups (broad SMARTS) is 1. The third-order valence-corrected chi connectivity index (χ3v) is 9.22. The molecule has 11 heteroatoms. The zero-order valence-corrected chi connectivity index (χ0v) is 29.0. The highest BCUT2D eigenvalue weighted by Crippen LogP contribution is 2.25. The summed E-state index contributed by atoms with van der Waals surface area (Å²) in [6, 6.07) is 17.3. The Morgan fingerprint density at radius 1 is 0.796 bits per heavy atom. The Hall–Kier alpha value is -3.93. The van der Waals surface area contributed by atoms with Gasteiger partial charge in [-0.1, -0.05) is 74.5 Å². The van der Waals surface area contributed by atoms with Crippen LogP contribution in [-0.4, -0.2) is 84.2 Å².